The van der Waals surface area contributed by atoms with Gasteiger partial charge in [0.05, 0.1) is 17.3 Å². The van der Waals surface area contributed by atoms with Crippen molar-refractivity contribution in [2.75, 3.05) is 0 Å². The molecule has 0 spiro atoms. The highest BCUT2D eigenvalue weighted by Crippen LogP contribution is 1.83. The number of ketones is 3. The Hall–Kier alpha value is -1.84. The van der Waals surface area contributed by atoms with Crippen molar-refractivity contribution in [3.05, 3.63) is 35.5 Å². The maximum Gasteiger partial charge on any atom is 0.155 e. The standard InChI is InChI=1S/3C5H8O2.Al/c3*1-4(6)3-5(2)7;/h3*3,6H,1-2H3;/b3*4-3-;. The Balaban J connectivity index is -0.000000108. The molecule has 0 saturated heterocycles. The van der Waals surface area contributed by atoms with Crippen LogP contribution in [0.15, 0.2) is 35.5 Å². The molecule has 3 N–H and O–H groups in total. The second kappa shape index (κ2) is 17.2. The van der Waals surface area contributed by atoms with E-state index in [1.165, 1.54) is 59.8 Å². The van der Waals surface area contributed by atoms with E-state index in [9.17, 15) is 14.4 Å². The van der Waals surface area contributed by atoms with Crippen LogP contribution in [-0.4, -0.2) is 50.0 Å². The second-order valence-electron chi connectivity index (χ2n) is 4.19. The first-order valence-corrected chi connectivity index (χ1v) is 6.02. The molecule has 0 amide bonds. The number of hydrogen-bond acceptors (Lipinski definition) is 6. The van der Waals surface area contributed by atoms with Crippen LogP contribution in [0.3, 0.4) is 0 Å². The number of rotatable bonds is 3. The molecule has 6 nitrogen and oxygen atoms in total. The Bertz CT molecular complexity index is 368. The lowest BCUT2D eigenvalue weighted by atomic mass is 10.4. The van der Waals surface area contributed by atoms with Gasteiger partial charge in [0.15, 0.2) is 17.3 Å². The van der Waals surface area contributed by atoms with Crippen LogP contribution in [0.25, 0.3) is 0 Å². The summed E-state index contributed by atoms with van der Waals surface area (Å²) in [6.45, 7) is 8.54. The molecular weight excluding hydrogens is 303 g/mol. The monoisotopic (exact) mass is 327 g/mol. The number of carbonyl (C=O) groups is 3. The van der Waals surface area contributed by atoms with Crippen LogP contribution in [0.5, 0.6) is 0 Å². The molecule has 0 saturated carbocycles. The molecule has 0 aliphatic carbocycles. The highest BCUT2D eigenvalue weighted by molar-refractivity contribution is 5.88. The summed E-state index contributed by atoms with van der Waals surface area (Å²) < 4.78 is 0. The van der Waals surface area contributed by atoms with Crippen molar-refractivity contribution in [3.63, 3.8) is 0 Å². The zero-order valence-corrected chi connectivity index (χ0v) is 15.0. The SMILES string of the molecule is CC(=O)/C=C(/C)O.CC(=O)/C=C(/C)O.CC(=O)/C=C(/C)O.[Al]. The van der Waals surface area contributed by atoms with Gasteiger partial charge in [-0.3, -0.25) is 14.4 Å². The molecule has 0 rings (SSSR count). The predicted molar refractivity (Wildman–Crippen MR) is 87.0 cm³/mol. The molecule has 0 aliphatic rings. The number of carbonyl (C=O) groups excluding carboxylic acids is 3. The van der Waals surface area contributed by atoms with Crippen LogP contribution in [0.4, 0.5) is 0 Å². The summed E-state index contributed by atoms with van der Waals surface area (Å²) in [4.78, 5) is 30.1. The minimum Gasteiger partial charge on any atom is -0.512 e. The zero-order valence-electron chi connectivity index (χ0n) is 13.9. The van der Waals surface area contributed by atoms with E-state index in [2.05, 4.69) is 0 Å². The Morgan fingerprint density at radius 2 is 0.682 bits per heavy atom. The number of aliphatic hydroxyl groups is 3. The molecule has 0 fully saturated rings. The minimum absolute atomic E-state index is 0. The molecule has 3 radical (unpaired) electrons. The summed E-state index contributed by atoms with van der Waals surface area (Å²) in [7, 11) is 0. The predicted octanol–water partition coefficient (Wildman–Crippen LogP) is 2.73. The topological polar surface area (TPSA) is 112 Å². The van der Waals surface area contributed by atoms with E-state index in [4.69, 9.17) is 15.3 Å². The van der Waals surface area contributed by atoms with E-state index in [-0.39, 0.29) is 52.0 Å². The van der Waals surface area contributed by atoms with Crippen molar-refractivity contribution in [2.45, 2.75) is 41.5 Å². The molecule has 0 bridgehead atoms. The molecule has 7 heteroatoms. The first kappa shape index (κ1) is 28.3. The second-order valence-corrected chi connectivity index (χ2v) is 4.19. The highest BCUT2D eigenvalue weighted by Gasteiger charge is 1.84. The van der Waals surface area contributed by atoms with Crippen LogP contribution < -0.4 is 0 Å². The molecule has 0 heterocycles. The maximum atomic E-state index is 10.0. The third-order valence-electron chi connectivity index (χ3n) is 1.24. The van der Waals surface area contributed by atoms with Crippen molar-refractivity contribution in [1.29, 1.82) is 0 Å². The largest absolute Gasteiger partial charge is 0.512 e. The van der Waals surface area contributed by atoms with Crippen LogP contribution in [-0.2, 0) is 14.4 Å². The van der Waals surface area contributed by atoms with Gasteiger partial charge in [-0.25, -0.2) is 0 Å². The summed E-state index contributed by atoms with van der Waals surface area (Å²) in [5.41, 5.74) is 0. The molecule has 0 unspecified atom stereocenters. The zero-order chi connectivity index (χ0) is 17.6. The van der Waals surface area contributed by atoms with Gasteiger partial charge in [0.25, 0.3) is 0 Å². The maximum absolute atomic E-state index is 10.0. The van der Waals surface area contributed by atoms with Gasteiger partial charge in [-0.05, 0) is 41.5 Å². The summed E-state index contributed by atoms with van der Waals surface area (Å²) in [5.74, 6) is -0.187. The van der Waals surface area contributed by atoms with Gasteiger partial charge in [-0.2, -0.15) is 0 Å². The third kappa shape index (κ3) is 51.8. The Labute approximate surface area is 142 Å². The lowest BCUT2D eigenvalue weighted by molar-refractivity contribution is -0.113. The van der Waals surface area contributed by atoms with Crippen molar-refractivity contribution in [3.8, 4) is 0 Å². The van der Waals surface area contributed by atoms with Crippen LogP contribution >= 0.6 is 0 Å². The number of hydrogen-bond donors (Lipinski definition) is 3. The van der Waals surface area contributed by atoms with E-state index >= 15 is 0 Å². The van der Waals surface area contributed by atoms with E-state index in [1.807, 2.05) is 0 Å². The smallest absolute Gasteiger partial charge is 0.155 e. The van der Waals surface area contributed by atoms with Crippen LogP contribution in [0.2, 0.25) is 0 Å². The third-order valence-corrected chi connectivity index (χ3v) is 1.24. The van der Waals surface area contributed by atoms with Gasteiger partial charge in [0, 0.05) is 35.6 Å². The molecule has 0 atom stereocenters. The van der Waals surface area contributed by atoms with Gasteiger partial charge < -0.3 is 15.3 Å². The normalized spacial score (nSPS) is 10.9. The first-order valence-electron chi connectivity index (χ1n) is 6.02. The lowest BCUT2D eigenvalue weighted by Gasteiger charge is -1.80. The quantitative estimate of drug-likeness (QED) is 0.417. The van der Waals surface area contributed by atoms with E-state index < -0.39 is 0 Å². The summed E-state index contributed by atoms with van der Waals surface area (Å²) in [6, 6.07) is 0. The summed E-state index contributed by atoms with van der Waals surface area (Å²) in [5, 5.41) is 25.1. The van der Waals surface area contributed by atoms with Crippen molar-refractivity contribution in [2.24, 2.45) is 0 Å². The van der Waals surface area contributed by atoms with E-state index in [1.54, 1.807) is 0 Å². The summed E-state index contributed by atoms with van der Waals surface area (Å²) in [6.07, 6.45) is 3.50. The average molecular weight is 327 g/mol. The van der Waals surface area contributed by atoms with Crippen molar-refractivity contribution in [1.82, 2.24) is 0 Å². The fraction of sp³-hybridized carbons (Fsp3) is 0.400. The molecule has 0 aliphatic heterocycles. The van der Waals surface area contributed by atoms with Gasteiger partial charge >= 0.3 is 0 Å². The Morgan fingerprint density at radius 1 is 0.545 bits per heavy atom. The minimum atomic E-state index is -0.125. The van der Waals surface area contributed by atoms with Crippen molar-refractivity contribution >= 4 is 34.7 Å². The highest BCUT2D eigenvalue weighted by atomic mass is 27.0. The van der Waals surface area contributed by atoms with Crippen molar-refractivity contribution < 1.29 is 29.7 Å². The van der Waals surface area contributed by atoms with Crippen LogP contribution in [0, 0.1) is 0 Å². The van der Waals surface area contributed by atoms with Gasteiger partial charge in [-0.1, -0.05) is 0 Å². The fourth-order valence-electron chi connectivity index (χ4n) is 0.882. The Kier molecular flexibility index (Phi) is 22.2. The Morgan fingerprint density at radius 3 is 0.682 bits per heavy atom. The molecule has 0 aromatic heterocycles. The van der Waals surface area contributed by atoms with Crippen LogP contribution in [0.1, 0.15) is 41.5 Å². The number of allylic oxidation sites excluding steroid dienone is 6. The molecule has 22 heavy (non-hydrogen) atoms. The molecule has 0 aromatic carbocycles. The first-order chi connectivity index (χ1) is 9.38. The van der Waals surface area contributed by atoms with E-state index in [0.717, 1.165) is 0 Å². The van der Waals surface area contributed by atoms with Gasteiger partial charge in [-0.15, -0.1) is 0 Å². The van der Waals surface area contributed by atoms with Gasteiger partial charge in [0.2, 0.25) is 0 Å². The summed E-state index contributed by atoms with van der Waals surface area (Å²) >= 11 is 0. The lowest BCUT2D eigenvalue weighted by Crippen LogP contribution is -1.82. The fourth-order valence-corrected chi connectivity index (χ4v) is 0.882. The van der Waals surface area contributed by atoms with Gasteiger partial charge in [0.1, 0.15) is 0 Å². The molecular formula is C15H24AlO6. The average Bonchev–Trinajstić information content (AvgIpc) is 2.10. The molecule has 123 valence electrons. The van der Waals surface area contributed by atoms with E-state index in [0.29, 0.717) is 0 Å². The molecule has 0 aromatic rings. The number of aliphatic hydroxyl groups excluding tert-OH is 3.